The molecule has 2 heterocycles. The average molecular weight is 575 g/mol. The first-order valence-corrected chi connectivity index (χ1v) is 12.5. The van der Waals surface area contributed by atoms with Crippen LogP contribution in [0.4, 0.5) is 19.1 Å². The number of ether oxygens (including phenoxy) is 2. The molecule has 0 bridgehead atoms. The molecule has 2 aromatic carbocycles. The fourth-order valence-electron chi connectivity index (χ4n) is 3.96. The monoisotopic (exact) mass is 574 g/mol. The van der Waals surface area contributed by atoms with Gasteiger partial charge in [-0.25, -0.2) is 9.67 Å². The molecule has 0 spiro atoms. The second kappa shape index (κ2) is 11.9. The van der Waals surface area contributed by atoms with Crippen LogP contribution < -0.4 is 16.2 Å². The van der Waals surface area contributed by atoms with Gasteiger partial charge in [0.15, 0.2) is 0 Å². The van der Waals surface area contributed by atoms with E-state index < -0.39 is 24.3 Å². The van der Waals surface area contributed by atoms with Gasteiger partial charge in [0, 0.05) is 28.4 Å². The van der Waals surface area contributed by atoms with Crippen molar-refractivity contribution in [1.29, 1.82) is 0 Å². The Morgan fingerprint density at radius 1 is 1.10 bits per heavy atom. The number of alkyl halides is 3. The van der Waals surface area contributed by atoms with Gasteiger partial charge >= 0.3 is 12.1 Å². The second-order valence-electron chi connectivity index (χ2n) is 8.85. The van der Waals surface area contributed by atoms with Gasteiger partial charge in [0.2, 0.25) is 17.9 Å². The van der Waals surface area contributed by atoms with Gasteiger partial charge in [-0.2, -0.15) is 23.3 Å². The Morgan fingerprint density at radius 2 is 1.82 bits per heavy atom. The van der Waals surface area contributed by atoms with Crippen LogP contribution in [-0.2, 0) is 16.0 Å². The molecule has 0 unspecified atom stereocenters. The quantitative estimate of drug-likeness (QED) is 0.267. The number of nitrogens with zero attached hydrogens (tertiary/aromatic N) is 4. The molecule has 13 heteroatoms. The third-order valence-corrected chi connectivity index (χ3v) is 6.03. The van der Waals surface area contributed by atoms with Crippen molar-refractivity contribution >= 4 is 23.5 Å². The van der Waals surface area contributed by atoms with Gasteiger partial charge in [-0.05, 0) is 44.0 Å². The maximum absolute atomic E-state index is 14.4. The van der Waals surface area contributed by atoms with Crippen LogP contribution in [0.15, 0.2) is 60.8 Å². The minimum absolute atomic E-state index is 0.0989. The van der Waals surface area contributed by atoms with Crippen molar-refractivity contribution in [1.82, 2.24) is 19.7 Å². The molecular formula is C27H26ClF3N6O3. The fraction of sp³-hybridized carbons (Fsp3) is 0.259. The summed E-state index contributed by atoms with van der Waals surface area (Å²) in [5.74, 6) is -1.17. The Hall–Kier alpha value is -4.16. The Bertz CT molecular complexity index is 1490. The first-order valence-electron chi connectivity index (χ1n) is 12.2. The lowest BCUT2D eigenvalue weighted by Gasteiger charge is -2.24. The zero-order valence-corrected chi connectivity index (χ0v) is 22.3. The summed E-state index contributed by atoms with van der Waals surface area (Å²) in [4.78, 5) is 19.8. The molecule has 210 valence electrons. The van der Waals surface area contributed by atoms with Crippen LogP contribution >= 0.6 is 11.6 Å². The predicted molar refractivity (Wildman–Crippen MR) is 143 cm³/mol. The largest absolute Gasteiger partial charge is 0.465 e. The van der Waals surface area contributed by atoms with Crippen LogP contribution in [0.25, 0.3) is 16.9 Å². The molecule has 0 fully saturated rings. The predicted octanol–water partition coefficient (Wildman–Crippen LogP) is 4.99. The van der Waals surface area contributed by atoms with Crippen molar-refractivity contribution in [3.05, 3.63) is 82.6 Å². The Kier molecular flexibility index (Phi) is 8.60. The molecule has 0 saturated carbocycles. The molecule has 0 radical (unpaired) electrons. The normalized spacial score (nSPS) is 13.1. The third kappa shape index (κ3) is 6.88. The van der Waals surface area contributed by atoms with E-state index in [2.05, 4.69) is 15.1 Å². The standard InChI is InChI=1S/C27H26ClF3N6O3/c1-3-39-25(38)20(32)12-16-4-6-17(7-5-16)21-14-23(35-26(33)34-21)40-24(27(29,30)31)19-9-8-18(28)13-22(19)37-11-10-15(2)36-37/h4-11,13-14,20,24H,3,12,32H2,1-2H3,(H2,33,34,35)/t20-,24-/m0/s1. The molecule has 2 aromatic heterocycles. The van der Waals surface area contributed by atoms with Crippen molar-refractivity contribution in [2.45, 2.75) is 38.6 Å². The molecule has 4 aromatic rings. The van der Waals surface area contributed by atoms with Crippen molar-refractivity contribution in [3.8, 4) is 22.8 Å². The van der Waals surface area contributed by atoms with Crippen LogP contribution in [-0.4, -0.2) is 44.5 Å². The Balaban J connectivity index is 1.64. The van der Waals surface area contributed by atoms with E-state index in [1.54, 1.807) is 44.2 Å². The van der Waals surface area contributed by atoms with Gasteiger partial charge in [-0.15, -0.1) is 0 Å². The molecule has 0 amide bonds. The Labute approximate surface area is 232 Å². The lowest BCUT2D eigenvalue weighted by atomic mass is 10.0. The zero-order valence-electron chi connectivity index (χ0n) is 21.5. The molecule has 0 saturated heterocycles. The number of nitrogens with two attached hydrogens (primary N) is 2. The summed E-state index contributed by atoms with van der Waals surface area (Å²) in [5.41, 5.74) is 13.7. The second-order valence-corrected chi connectivity index (χ2v) is 9.29. The van der Waals surface area contributed by atoms with Crippen LogP contribution in [0.5, 0.6) is 5.88 Å². The van der Waals surface area contributed by atoms with Crippen LogP contribution in [0, 0.1) is 6.92 Å². The van der Waals surface area contributed by atoms with E-state index in [9.17, 15) is 18.0 Å². The molecule has 0 aliphatic rings. The van der Waals surface area contributed by atoms with Gasteiger partial charge in [0.1, 0.15) is 6.04 Å². The molecule has 9 nitrogen and oxygen atoms in total. The van der Waals surface area contributed by atoms with Crippen molar-refractivity contribution < 1.29 is 27.4 Å². The number of halogens is 4. The number of aryl methyl sites for hydroxylation is 1. The zero-order chi connectivity index (χ0) is 29.0. The summed E-state index contributed by atoms with van der Waals surface area (Å²) >= 11 is 6.10. The summed E-state index contributed by atoms with van der Waals surface area (Å²) in [6.07, 6.45) is -5.48. The summed E-state index contributed by atoms with van der Waals surface area (Å²) in [5, 5.41) is 4.45. The highest BCUT2D eigenvalue weighted by Gasteiger charge is 2.45. The third-order valence-electron chi connectivity index (χ3n) is 5.79. The van der Waals surface area contributed by atoms with E-state index >= 15 is 0 Å². The molecule has 2 atom stereocenters. The highest BCUT2D eigenvalue weighted by molar-refractivity contribution is 6.30. The minimum atomic E-state index is -4.83. The number of nitrogen functional groups attached to an aromatic ring is 1. The highest BCUT2D eigenvalue weighted by atomic mass is 35.5. The summed E-state index contributed by atoms with van der Waals surface area (Å²) in [6, 6.07) is 12.8. The van der Waals surface area contributed by atoms with Gasteiger partial charge < -0.3 is 20.9 Å². The van der Waals surface area contributed by atoms with Crippen molar-refractivity contribution in [2.24, 2.45) is 5.73 Å². The Morgan fingerprint density at radius 3 is 2.45 bits per heavy atom. The van der Waals surface area contributed by atoms with Crippen molar-refractivity contribution in [3.63, 3.8) is 0 Å². The number of hydrogen-bond donors (Lipinski definition) is 2. The average Bonchev–Trinajstić information content (AvgIpc) is 3.33. The number of esters is 1. The maximum Gasteiger partial charge on any atom is 0.429 e. The SMILES string of the molecule is CCOC(=O)[C@@H](N)Cc1ccc(-c2cc(O[C@@H](c3ccc(Cl)cc3-n3ccc(C)n3)C(F)(F)F)nc(N)n2)cc1. The topological polar surface area (TPSA) is 131 Å². The number of hydrogen-bond acceptors (Lipinski definition) is 8. The fourth-order valence-corrected chi connectivity index (χ4v) is 4.13. The van der Waals surface area contributed by atoms with Gasteiger partial charge in [-0.3, -0.25) is 4.79 Å². The van der Waals surface area contributed by atoms with E-state index in [1.807, 2.05) is 0 Å². The smallest absolute Gasteiger partial charge is 0.429 e. The van der Waals surface area contributed by atoms with E-state index in [4.69, 9.17) is 32.5 Å². The number of anilines is 1. The molecule has 40 heavy (non-hydrogen) atoms. The van der Waals surface area contributed by atoms with Gasteiger partial charge in [0.05, 0.1) is 23.7 Å². The number of carbonyl (C=O) groups is 1. The summed E-state index contributed by atoms with van der Waals surface area (Å²) in [7, 11) is 0. The molecule has 0 aliphatic carbocycles. The van der Waals surface area contributed by atoms with Crippen LogP contribution in [0.3, 0.4) is 0 Å². The summed E-state index contributed by atoms with van der Waals surface area (Å²) in [6.45, 7) is 3.63. The lowest BCUT2D eigenvalue weighted by Crippen LogP contribution is -2.34. The molecule has 0 aliphatic heterocycles. The highest BCUT2D eigenvalue weighted by Crippen LogP contribution is 2.40. The number of aromatic nitrogens is 4. The van der Waals surface area contributed by atoms with Crippen LogP contribution in [0.1, 0.15) is 29.8 Å². The first-order chi connectivity index (χ1) is 18.9. The molecule has 4 rings (SSSR count). The van der Waals surface area contributed by atoms with Crippen LogP contribution in [0.2, 0.25) is 5.02 Å². The number of benzene rings is 2. The van der Waals surface area contributed by atoms with E-state index in [-0.39, 0.29) is 46.8 Å². The minimum Gasteiger partial charge on any atom is -0.465 e. The molecular weight excluding hydrogens is 549 g/mol. The first kappa shape index (κ1) is 28.8. The van der Waals surface area contributed by atoms with Crippen molar-refractivity contribution in [2.75, 3.05) is 12.3 Å². The van der Waals surface area contributed by atoms with Gasteiger partial charge in [-0.1, -0.05) is 41.9 Å². The van der Waals surface area contributed by atoms with Gasteiger partial charge in [0.25, 0.3) is 0 Å². The maximum atomic E-state index is 14.4. The summed E-state index contributed by atoms with van der Waals surface area (Å²) < 4.78 is 54.8. The number of carbonyl (C=O) groups excluding carboxylic acids is 1. The number of rotatable bonds is 9. The molecule has 4 N–H and O–H groups in total. The van der Waals surface area contributed by atoms with E-state index in [0.29, 0.717) is 11.3 Å². The lowest BCUT2D eigenvalue weighted by molar-refractivity contribution is -0.198. The van der Waals surface area contributed by atoms with E-state index in [0.717, 1.165) is 5.56 Å². The van der Waals surface area contributed by atoms with E-state index in [1.165, 1.54) is 35.1 Å².